The van der Waals surface area contributed by atoms with Crippen molar-refractivity contribution in [3.63, 3.8) is 0 Å². The molecule has 5 heteroatoms. The van der Waals surface area contributed by atoms with E-state index in [0.717, 1.165) is 24.8 Å². The molecule has 2 heterocycles. The molecule has 0 saturated carbocycles. The van der Waals surface area contributed by atoms with Gasteiger partial charge < -0.3 is 4.74 Å². The Kier molecular flexibility index (Phi) is 5.29. The molecule has 0 aromatic heterocycles. The van der Waals surface area contributed by atoms with Gasteiger partial charge in [0.15, 0.2) is 0 Å². The summed E-state index contributed by atoms with van der Waals surface area (Å²) >= 11 is 0. The van der Waals surface area contributed by atoms with Crippen LogP contribution in [-0.4, -0.2) is 43.3 Å². The van der Waals surface area contributed by atoms with Gasteiger partial charge in [-0.25, -0.2) is 8.78 Å². The smallest absolute Gasteiger partial charge is 0.310 e. The second kappa shape index (κ2) is 7.43. The summed E-state index contributed by atoms with van der Waals surface area (Å²) in [6.07, 6.45) is 6.15. The van der Waals surface area contributed by atoms with Crippen LogP contribution in [0, 0.1) is 11.7 Å². The number of carbonyl (C=O) groups is 1. The molecule has 1 aromatic rings. The Morgan fingerprint density at radius 1 is 1.29 bits per heavy atom. The van der Waals surface area contributed by atoms with E-state index in [4.69, 9.17) is 4.74 Å². The molecule has 0 aliphatic carbocycles. The number of halogens is 2. The zero-order valence-corrected chi connectivity index (χ0v) is 13.8. The van der Waals surface area contributed by atoms with Crippen molar-refractivity contribution in [1.29, 1.82) is 0 Å². The third-order valence-electron chi connectivity index (χ3n) is 5.41. The molecule has 0 radical (unpaired) electrons. The first-order valence-electron chi connectivity index (χ1n) is 8.45. The molecular formula is C19H23F2NO2. The molecule has 0 N–H and O–H groups in total. The summed E-state index contributed by atoms with van der Waals surface area (Å²) in [5.74, 6) is -0.714. The van der Waals surface area contributed by atoms with Crippen molar-refractivity contribution in [2.45, 2.75) is 37.3 Å². The fourth-order valence-electron chi connectivity index (χ4n) is 4.37. The van der Waals surface area contributed by atoms with E-state index in [1.54, 1.807) is 12.1 Å². The maximum atomic E-state index is 13.2. The number of allylic oxidation sites excluding steroid dienone is 1. The Hall–Kier alpha value is -1.75. The van der Waals surface area contributed by atoms with Gasteiger partial charge in [-0.15, -0.1) is 0 Å². The van der Waals surface area contributed by atoms with E-state index in [9.17, 15) is 13.6 Å². The maximum Gasteiger partial charge on any atom is 0.310 e. The lowest BCUT2D eigenvalue weighted by Gasteiger charge is -2.43. The maximum absolute atomic E-state index is 13.2. The van der Waals surface area contributed by atoms with Gasteiger partial charge in [0.1, 0.15) is 12.5 Å². The van der Waals surface area contributed by atoms with Crippen LogP contribution in [-0.2, 0) is 9.53 Å². The van der Waals surface area contributed by atoms with Gasteiger partial charge in [0.05, 0.1) is 13.0 Å². The van der Waals surface area contributed by atoms with Crippen molar-refractivity contribution in [3.8, 4) is 0 Å². The normalized spacial score (nSPS) is 30.0. The predicted octanol–water partition coefficient (Wildman–Crippen LogP) is 3.46. The third-order valence-corrected chi connectivity index (χ3v) is 5.41. The predicted molar refractivity (Wildman–Crippen MR) is 87.9 cm³/mol. The Balaban J connectivity index is 1.87. The summed E-state index contributed by atoms with van der Waals surface area (Å²) < 4.78 is 30.6. The van der Waals surface area contributed by atoms with Gasteiger partial charge in [-0.3, -0.25) is 9.69 Å². The number of hydrogen-bond acceptors (Lipinski definition) is 3. The van der Waals surface area contributed by atoms with E-state index in [1.165, 1.54) is 25.3 Å². The molecule has 2 bridgehead atoms. The van der Waals surface area contributed by atoms with Crippen molar-refractivity contribution in [3.05, 3.63) is 47.8 Å². The van der Waals surface area contributed by atoms with Crippen LogP contribution in [0.4, 0.5) is 8.78 Å². The average Bonchev–Trinajstić information content (AvgIpc) is 2.87. The molecular weight excluding hydrogens is 312 g/mol. The summed E-state index contributed by atoms with van der Waals surface area (Å²) in [4.78, 5) is 14.8. The third kappa shape index (κ3) is 3.22. The number of carbonyl (C=O) groups excluding carboxylic acids is 1. The highest BCUT2D eigenvalue weighted by Gasteiger charge is 2.50. The number of fused-ring (bicyclic) bond motifs is 2. The molecule has 2 saturated heterocycles. The second-order valence-electron chi connectivity index (χ2n) is 6.56. The molecule has 24 heavy (non-hydrogen) atoms. The van der Waals surface area contributed by atoms with Crippen molar-refractivity contribution < 1.29 is 18.3 Å². The molecule has 130 valence electrons. The monoisotopic (exact) mass is 335 g/mol. The Bertz CT molecular complexity index is 602. The van der Waals surface area contributed by atoms with Gasteiger partial charge in [0, 0.05) is 24.5 Å². The Morgan fingerprint density at radius 2 is 2.04 bits per heavy atom. The SMILES string of the molecule is COC(=O)[C@H]1[C@@H](c2ccc(F)cc2)C[C@@H]2CC[C@H]1N2C/C=C/CF. The van der Waals surface area contributed by atoms with E-state index < -0.39 is 6.67 Å². The molecule has 3 rings (SSSR count). The van der Waals surface area contributed by atoms with Crippen molar-refractivity contribution in [2.75, 3.05) is 20.3 Å². The highest BCUT2D eigenvalue weighted by atomic mass is 19.1. The summed E-state index contributed by atoms with van der Waals surface area (Å²) in [7, 11) is 1.42. The first-order chi connectivity index (χ1) is 11.7. The standard InChI is InChI=1S/C19H23F2NO2/c1-24-19(23)18-16(13-4-6-14(21)7-5-13)12-15-8-9-17(18)22(15)11-3-2-10-20/h2-7,15-18H,8-12H2,1H3/b3-2+/t15-,16+,17+,18-/m0/s1. The first-order valence-corrected chi connectivity index (χ1v) is 8.45. The summed E-state index contributed by atoms with van der Waals surface area (Å²) in [5, 5.41) is 0. The van der Waals surface area contributed by atoms with Crippen molar-refractivity contribution >= 4 is 5.97 Å². The van der Waals surface area contributed by atoms with E-state index in [-0.39, 0.29) is 29.7 Å². The lowest BCUT2D eigenvalue weighted by Crippen LogP contribution is -2.50. The van der Waals surface area contributed by atoms with Gasteiger partial charge in [-0.1, -0.05) is 24.3 Å². The molecule has 2 fully saturated rings. The van der Waals surface area contributed by atoms with Crippen LogP contribution >= 0.6 is 0 Å². The van der Waals surface area contributed by atoms with Gasteiger partial charge in [-0.2, -0.15) is 0 Å². The van der Waals surface area contributed by atoms with Crippen LogP contribution in [0.2, 0.25) is 0 Å². The number of rotatable bonds is 5. The Morgan fingerprint density at radius 3 is 2.71 bits per heavy atom. The van der Waals surface area contributed by atoms with Gasteiger partial charge in [0.2, 0.25) is 0 Å². The number of benzene rings is 1. The number of ether oxygens (including phenoxy) is 1. The minimum absolute atomic E-state index is 0.0388. The summed E-state index contributed by atoms with van der Waals surface area (Å²) in [6, 6.07) is 6.90. The quantitative estimate of drug-likeness (QED) is 0.610. The highest BCUT2D eigenvalue weighted by molar-refractivity contribution is 5.75. The second-order valence-corrected chi connectivity index (χ2v) is 6.56. The van der Waals surface area contributed by atoms with Crippen LogP contribution in [0.5, 0.6) is 0 Å². The topological polar surface area (TPSA) is 29.5 Å². The number of esters is 1. The van der Waals surface area contributed by atoms with Crippen molar-refractivity contribution in [2.24, 2.45) is 5.92 Å². The Labute approximate surface area is 141 Å². The fraction of sp³-hybridized carbons (Fsp3) is 0.526. The van der Waals surface area contributed by atoms with E-state index in [0.29, 0.717) is 12.6 Å². The summed E-state index contributed by atoms with van der Waals surface area (Å²) in [5.41, 5.74) is 0.989. The van der Waals surface area contributed by atoms with Crippen LogP contribution in [0.15, 0.2) is 36.4 Å². The molecule has 4 atom stereocenters. The van der Waals surface area contributed by atoms with E-state index >= 15 is 0 Å². The molecule has 1 aromatic carbocycles. The minimum atomic E-state index is -0.470. The molecule has 2 aliphatic rings. The first kappa shape index (κ1) is 17.1. The molecule has 0 spiro atoms. The lowest BCUT2D eigenvalue weighted by molar-refractivity contribution is -0.150. The van der Waals surface area contributed by atoms with Crippen LogP contribution in [0.1, 0.15) is 30.7 Å². The van der Waals surface area contributed by atoms with Gasteiger partial charge >= 0.3 is 5.97 Å². The highest BCUT2D eigenvalue weighted by Crippen LogP contribution is 2.47. The lowest BCUT2D eigenvalue weighted by atomic mass is 9.76. The van der Waals surface area contributed by atoms with Crippen LogP contribution in [0.3, 0.4) is 0 Å². The molecule has 3 nitrogen and oxygen atoms in total. The van der Waals surface area contributed by atoms with E-state index in [2.05, 4.69) is 4.90 Å². The van der Waals surface area contributed by atoms with Crippen molar-refractivity contribution in [1.82, 2.24) is 4.90 Å². The summed E-state index contributed by atoms with van der Waals surface area (Å²) in [6.45, 7) is 0.185. The fourth-order valence-corrected chi connectivity index (χ4v) is 4.37. The molecule has 0 unspecified atom stereocenters. The van der Waals surface area contributed by atoms with Gasteiger partial charge in [0.25, 0.3) is 0 Å². The number of piperidine rings is 1. The van der Waals surface area contributed by atoms with Crippen LogP contribution < -0.4 is 0 Å². The zero-order valence-electron chi connectivity index (χ0n) is 13.8. The zero-order chi connectivity index (χ0) is 17.1. The number of nitrogens with zero attached hydrogens (tertiary/aromatic N) is 1. The largest absolute Gasteiger partial charge is 0.469 e. The average molecular weight is 335 g/mol. The molecule has 2 aliphatic heterocycles. The molecule has 0 amide bonds. The van der Waals surface area contributed by atoms with Crippen LogP contribution in [0.25, 0.3) is 0 Å². The number of alkyl halides is 1. The number of hydrogen-bond donors (Lipinski definition) is 0. The number of methoxy groups -OCH3 is 1. The van der Waals surface area contributed by atoms with E-state index in [1.807, 2.05) is 6.08 Å². The minimum Gasteiger partial charge on any atom is -0.469 e. The van der Waals surface area contributed by atoms with Gasteiger partial charge in [-0.05, 0) is 37.0 Å².